The smallest absolute Gasteiger partial charge is 0.412 e. The average molecular weight is 394 g/mol. The molecule has 1 aromatic carbocycles. The number of rotatable bonds is 4. The molecule has 1 saturated heterocycles. The Balaban J connectivity index is 2.11. The molecule has 1 aliphatic heterocycles. The van der Waals surface area contributed by atoms with Crippen LogP contribution in [0.2, 0.25) is 0 Å². The van der Waals surface area contributed by atoms with Crippen LogP contribution in [0.4, 0.5) is 4.79 Å². The molecule has 0 spiro atoms. The second-order valence-electron chi connectivity index (χ2n) is 8.52. The quantitative estimate of drug-likeness (QED) is 0.739. The topological polar surface area (TPSA) is 55.8 Å². The molecular formula is C21H31NO4S. The number of nitrogens with zero attached hydrogens (tertiary/aromatic N) is 1. The summed E-state index contributed by atoms with van der Waals surface area (Å²) in [6.07, 6.45) is -0.299. The van der Waals surface area contributed by atoms with Crippen LogP contribution < -0.4 is 0 Å². The summed E-state index contributed by atoms with van der Waals surface area (Å²) in [6, 6.07) is 7.35. The van der Waals surface area contributed by atoms with Crippen LogP contribution in [0.1, 0.15) is 53.5 Å². The van der Waals surface area contributed by atoms with E-state index >= 15 is 0 Å². The maximum atomic E-state index is 12.8. The molecule has 1 fully saturated rings. The number of carbonyl (C=O) groups excluding carboxylic acids is 1. The van der Waals surface area contributed by atoms with Gasteiger partial charge in [-0.2, -0.15) is 0 Å². The lowest BCUT2D eigenvalue weighted by atomic mass is 10.1. The standard InChI is InChI=1S/C21H31NO4S/c1-14-9-11-17(12-10-14)27(24)15(2)13-18-16(3)22(21(7,8)25-18)19(23)26-20(4,5)6/h9-12,16,18H,2,13H2,1,3-8H3/t16-,18-,27-/m0/s1. The van der Waals surface area contributed by atoms with E-state index in [9.17, 15) is 9.00 Å². The van der Waals surface area contributed by atoms with Gasteiger partial charge >= 0.3 is 6.09 Å². The van der Waals surface area contributed by atoms with Gasteiger partial charge in [0.25, 0.3) is 0 Å². The Morgan fingerprint density at radius 3 is 2.37 bits per heavy atom. The van der Waals surface area contributed by atoms with Crippen molar-refractivity contribution in [3.8, 4) is 0 Å². The fraction of sp³-hybridized carbons (Fsp3) is 0.571. The van der Waals surface area contributed by atoms with Gasteiger partial charge in [-0.25, -0.2) is 9.00 Å². The van der Waals surface area contributed by atoms with Crippen LogP contribution in [0.5, 0.6) is 0 Å². The highest BCUT2D eigenvalue weighted by Gasteiger charge is 2.49. The maximum Gasteiger partial charge on any atom is 0.412 e. The molecule has 0 aromatic heterocycles. The van der Waals surface area contributed by atoms with Gasteiger partial charge in [-0.3, -0.25) is 4.90 Å². The zero-order chi connectivity index (χ0) is 20.6. The highest BCUT2D eigenvalue weighted by atomic mass is 32.2. The van der Waals surface area contributed by atoms with E-state index in [0.29, 0.717) is 11.3 Å². The van der Waals surface area contributed by atoms with Crippen molar-refractivity contribution < 1.29 is 18.5 Å². The number of hydrogen-bond donors (Lipinski definition) is 0. The summed E-state index contributed by atoms with van der Waals surface area (Å²) >= 11 is 0. The Labute approximate surface area is 165 Å². The predicted octanol–water partition coefficient (Wildman–Crippen LogP) is 4.77. The molecule has 0 bridgehead atoms. The monoisotopic (exact) mass is 393 g/mol. The summed E-state index contributed by atoms with van der Waals surface area (Å²) in [7, 11) is -1.32. The van der Waals surface area contributed by atoms with Crippen LogP contribution in [0.3, 0.4) is 0 Å². The van der Waals surface area contributed by atoms with Gasteiger partial charge in [0.15, 0.2) is 0 Å². The first-order valence-electron chi connectivity index (χ1n) is 9.18. The largest absolute Gasteiger partial charge is 0.444 e. The molecular weight excluding hydrogens is 362 g/mol. The van der Waals surface area contributed by atoms with Gasteiger partial charge in [0.1, 0.15) is 11.3 Å². The Morgan fingerprint density at radius 1 is 1.30 bits per heavy atom. The van der Waals surface area contributed by atoms with Crippen molar-refractivity contribution in [2.24, 2.45) is 0 Å². The van der Waals surface area contributed by atoms with Crippen molar-refractivity contribution in [1.29, 1.82) is 0 Å². The number of aryl methyl sites for hydroxylation is 1. The molecule has 0 radical (unpaired) electrons. The zero-order valence-corrected chi connectivity index (χ0v) is 18.2. The summed E-state index contributed by atoms with van der Waals surface area (Å²) in [5.41, 5.74) is -0.275. The molecule has 6 heteroatoms. The first kappa shape index (κ1) is 21.6. The van der Waals surface area contributed by atoms with Crippen molar-refractivity contribution in [3.05, 3.63) is 41.3 Å². The normalized spacial score (nSPS) is 23.1. The number of benzene rings is 1. The minimum Gasteiger partial charge on any atom is -0.444 e. The Hall–Kier alpha value is -1.66. The third-order valence-corrected chi connectivity index (χ3v) is 5.87. The van der Waals surface area contributed by atoms with Gasteiger partial charge in [-0.15, -0.1) is 0 Å². The minimum atomic E-state index is -1.32. The summed E-state index contributed by atoms with van der Waals surface area (Å²) in [4.78, 5) is 15.6. The second-order valence-corrected chi connectivity index (χ2v) is 10.1. The first-order valence-corrected chi connectivity index (χ1v) is 10.3. The summed E-state index contributed by atoms with van der Waals surface area (Å²) in [6.45, 7) is 17.1. The molecule has 1 aromatic rings. The summed E-state index contributed by atoms with van der Waals surface area (Å²) in [5, 5.41) is 0. The van der Waals surface area contributed by atoms with Gasteiger partial charge < -0.3 is 9.47 Å². The van der Waals surface area contributed by atoms with Crippen LogP contribution in [-0.4, -0.2) is 38.7 Å². The highest BCUT2D eigenvalue weighted by Crippen LogP contribution is 2.36. The summed E-state index contributed by atoms with van der Waals surface area (Å²) in [5.74, 6) is 0. The predicted molar refractivity (Wildman–Crippen MR) is 108 cm³/mol. The molecule has 27 heavy (non-hydrogen) atoms. The van der Waals surface area contributed by atoms with Crippen molar-refractivity contribution in [1.82, 2.24) is 4.90 Å². The Bertz CT molecular complexity index is 734. The van der Waals surface area contributed by atoms with E-state index in [1.54, 1.807) is 4.90 Å². The number of amides is 1. The van der Waals surface area contributed by atoms with Crippen molar-refractivity contribution in [2.45, 2.75) is 83.3 Å². The SMILES string of the molecule is C=C(C[C@@H]1OC(C)(C)N(C(=O)OC(C)(C)C)[C@H]1C)[S@](=O)c1ccc(C)cc1. The first-order chi connectivity index (χ1) is 12.3. The van der Waals surface area contributed by atoms with E-state index in [1.165, 1.54) is 0 Å². The molecule has 0 saturated carbocycles. The second kappa shape index (κ2) is 7.76. The molecule has 150 valence electrons. The Kier molecular flexibility index (Phi) is 6.22. The van der Waals surface area contributed by atoms with Gasteiger partial charge in [0.2, 0.25) is 0 Å². The van der Waals surface area contributed by atoms with Gasteiger partial charge in [-0.05, 0) is 60.6 Å². The van der Waals surface area contributed by atoms with Gasteiger partial charge in [0.05, 0.1) is 22.9 Å². The molecule has 0 N–H and O–H groups in total. The highest BCUT2D eigenvalue weighted by molar-refractivity contribution is 7.89. The molecule has 0 aliphatic carbocycles. The van der Waals surface area contributed by atoms with Crippen LogP contribution in [0, 0.1) is 6.92 Å². The lowest BCUT2D eigenvalue weighted by molar-refractivity contribution is -0.0780. The molecule has 2 rings (SSSR count). The third-order valence-electron chi connectivity index (χ3n) is 4.48. The molecule has 1 amide bonds. The van der Waals surface area contributed by atoms with E-state index in [4.69, 9.17) is 9.47 Å². The van der Waals surface area contributed by atoms with E-state index in [1.807, 2.05) is 72.7 Å². The van der Waals surface area contributed by atoms with Gasteiger partial charge in [-0.1, -0.05) is 24.3 Å². The third kappa shape index (κ3) is 5.20. The molecule has 3 atom stereocenters. The Morgan fingerprint density at radius 2 is 1.85 bits per heavy atom. The molecule has 1 aliphatic rings. The summed E-state index contributed by atoms with van der Waals surface area (Å²) < 4.78 is 24.4. The number of carbonyl (C=O) groups is 1. The molecule has 0 unspecified atom stereocenters. The van der Waals surface area contributed by atoms with Crippen molar-refractivity contribution in [3.63, 3.8) is 0 Å². The van der Waals surface area contributed by atoms with Gasteiger partial charge in [0, 0.05) is 16.2 Å². The van der Waals surface area contributed by atoms with E-state index in [-0.39, 0.29) is 12.1 Å². The molecule has 5 nitrogen and oxygen atoms in total. The van der Waals surface area contributed by atoms with Crippen LogP contribution in [-0.2, 0) is 20.3 Å². The fourth-order valence-electron chi connectivity index (χ4n) is 3.22. The fourth-order valence-corrected chi connectivity index (χ4v) is 4.25. The lowest BCUT2D eigenvalue weighted by Crippen LogP contribution is -2.49. The zero-order valence-electron chi connectivity index (χ0n) is 17.4. The number of ether oxygens (including phenoxy) is 2. The van der Waals surface area contributed by atoms with Crippen LogP contribution in [0.25, 0.3) is 0 Å². The minimum absolute atomic E-state index is 0.221. The van der Waals surface area contributed by atoms with Crippen molar-refractivity contribution >= 4 is 16.9 Å². The lowest BCUT2D eigenvalue weighted by Gasteiger charge is -2.34. The van der Waals surface area contributed by atoms with E-state index in [0.717, 1.165) is 10.5 Å². The van der Waals surface area contributed by atoms with Crippen molar-refractivity contribution in [2.75, 3.05) is 0 Å². The number of hydrogen-bond acceptors (Lipinski definition) is 4. The average Bonchev–Trinajstić information content (AvgIpc) is 2.74. The van der Waals surface area contributed by atoms with Crippen LogP contribution >= 0.6 is 0 Å². The van der Waals surface area contributed by atoms with Crippen LogP contribution in [0.15, 0.2) is 40.6 Å². The molecule has 1 heterocycles. The van der Waals surface area contributed by atoms with E-state index < -0.39 is 28.2 Å². The van der Waals surface area contributed by atoms with E-state index in [2.05, 4.69) is 6.58 Å². The maximum absolute atomic E-state index is 12.8.